The lowest BCUT2D eigenvalue weighted by atomic mass is 10.2. The number of hydrogen-bond acceptors (Lipinski definition) is 3. The van der Waals surface area contributed by atoms with E-state index in [1.54, 1.807) is 18.2 Å². The van der Waals surface area contributed by atoms with Crippen molar-refractivity contribution in [3.05, 3.63) is 34.7 Å². The largest absolute Gasteiger partial charge is 0.384 e. The van der Waals surface area contributed by atoms with E-state index in [1.807, 2.05) is 0 Å². The van der Waals surface area contributed by atoms with Gasteiger partial charge < -0.3 is 5.73 Å². The number of nitroso groups, excluding NO2 is 1. The maximum atomic E-state index is 10.1. The Kier molecular flexibility index (Phi) is 1.96. The lowest BCUT2D eigenvalue weighted by Gasteiger charge is -1.97. The third-order valence-electron chi connectivity index (χ3n) is 1.29. The SMILES string of the molecule is N=C(N)c1ccccc1N=O. The van der Waals surface area contributed by atoms with Crippen molar-refractivity contribution in [2.45, 2.75) is 0 Å². The van der Waals surface area contributed by atoms with Gasteiger partial charge in [-0.3, -0.25) is 5.41 Å². The van der Waals surface area contributed by atoms with Crippen molar-refractivity contribution < 1.29 is 0 Å². The topological polar surface area (TPSA) is 79.3 Å². The first-order chi connectivity index (χ1) is 5.25. The van der Waals surface area contributed by atoms with Crippen LogP contribution in [-0.2, 0) is 0 Å². The Morgan fingerprint density at radius 2 is 2.09 bits per heavy atom. The van der Waals surface area contributed by atoms with Crippen molar-refractivity contribution in [2.24, 2.45) is 10.9 Å². The van der Waals surface area contributed by atoms with E-state index in [0.29, 0.717) is 5.56 Å². The Bertz CT molecular complexity index is 295. The fourth-order valence-electron chi connectivity index (χ4n) is 0.781. The summed E-state index contributed by atoms with van der Waals surface area (Å²) in [6.45, 7) is 0. The normalized spacial score (nSPS) is 9.09. The highest BCUT2D eigenvalue weighted by atomic mass is 16.3. The Labute approximate surface area is 63.5 Å². The zero-order valence-corrected chi connectivity index (χ0v) is 5.74. The fraction of sp³-hybridized carbons (Fsp3) is 0. The van der Waals surface area contributed by atoms with Crippen molar-refractivity contribution in [1.29, 1.82) is 5.41 Å². The molecule has 3 N–H and O–H groups in total. The minimum atomic E-state index is -0.139. The molecule has 0 unspecified atom stereocenters. The molecule has 0 atom stereocenters. The number of amidine groups is 1. The highest BCUT2D eigenvalue weighted by molar-refractivity contribution is 5.99. The Hall–Kier alpha value is -1.71. The van der Waals surface area contributed by atoms with Crippen molar-refractivity contribution in [3.8, 4) is 0 Å². The zero-order chi connectivity index (χ0) is 8.27. The maximum Gasteiger partial charge on any atom is 0.125 e. The van der Waals surface area contributed by atoms with Gasteiger partial charge in [0.25, 0.3) is 0 Å². The molecular formula is C7H7N3O. The summed E-state index contributed by atoms with van der Waals surface area (Å²) in [7, 11) is 0. The van der Waals surface area contributed by atoms with Crippen LogP contribution in [0.15, 0.2) is 29.4 Å². The molecule has 1 aromatic carbocycles. The summed E-state index contributed by atoms with van der Waals surface area (Å²) >= 11 is 0. The molecule has 0 saturated carbocycles. The molecule has 4 heteroatoms. The van der Waals surface area contributed by atoms with E-state index in [1.165, 1.54) is 6.07 Å². The van der Waals surface area contributed by atoms with Crippen LogP contribution < -0.4 is 5.73 Å². The molecule has 0 aliphatic carbocycles. The van der Waals surface area contributed by atoms with Gasteiger partial charge in [-0.1, -0.05) is 12.1 Å². The Morgan fingerprint density at radius 1 is 1.45 bits per heavy atom. The molecule has 0 heterocycles. The van der Waals surface area contributed by atoms with Crippen LogP contribution in [-0.4, -0.2) is 5.84 Å². The lowest BCUT2D eigenvalue weighted by molar-refractivity contribution is 1.39. The summed E-state index contributed by atoms with van der Waals surface area (Å²) in [5.74, 6) is -0.139. The van der Waals surface area contributed by atoms with Crippen LogP contribution in [0.4, 0.5) is 5.69 Å². The van der Waals surface area contributed by atoms with E-state index in [2.05, 4.69) is 5.18 Å². The second kappa shape index (κ2) is 2.92. The molecule has 56 valence electrons. The van der Waals surface area contributed by atoms with Crippen molar-refractivity contribution in [1.82, 2.24) is 0 Å². The third-order valence-corrected chi connectivity index (χ3v) is 1.29. The smallest absolute Gasteiger partial charge is 0.125 e. The fourth-order valence-corrected chi connectivity index (χ4v) is 0.781. The molecule has 0 aliphatic heterocycles. The van der Waals surface area contributed by atoms with Gasteiger partial charge in [0, 0.05) is 5.56 Å². The first-order valence-corrected chi connectivity index (χ1v) is 3.02. The van der Waals surface area contributed by atoms with E-state index in [9.17, 15) is 4.91 Å². The Morgan fingerprint density at radius 3 is 2.55 bits per heavy atom. The molecule has 0 fully saturated rings. The van der Waals surface area contributed by atoms with Gasteiger partial charge in [-0.15, -0.1) is 4.91 Å². The van der Waals surface area contributed by atoms with Crippen LogP contribution in [0, 0.1) is 10.3 Å². The molecule has 1 rings (SSSR count). The van der Waals surface area contributed by atoms with E-state index in [4.69, 9.17) is 11.1 Å². The molecule has 0 saturated heterocycles. The number of nitrogens with one attached hydrogen (secondary N) is 1. The van der Waals surface area contributed by atoms with E-state index >= 15 is 0 Å². The number of nitrogen functional groups attached to an aromatic ring is 1. The minimum Gasteiger partial charge on any atom is -0.384 e. The molecular weight excluding hydrogens is 142 g/mol. The predicted molar refractivity (Wildman–Crippen MR) is 42.9 cm³/mol. The summed E-state index contributed by atoms with van der Waals surface area (Å²) in [6, 6.07) is 6.47. The third kappa shape index (κ3) is 1.40. The molecule has 1 aromatic rings. The molecule has 0 radical (unpaired) electrons. The molecule has 4 nitrogen and oxygen atoms in total. The van der Waals surface area contributed by atoms with Crippen molar-refractivity contribution in [3.63, 3.8) is 0 Å². The van der Waals surface area contributed by atoms with Gasteiger partial charge in [0.05, 0.1) is 0 Å². The molecule has 0 bridgehead atoms. The van der Waals surface area contributed by atoms with E-state index in [-0.39, 0.29) is 11.5 Å². The first kappa shape index (κ1) is 7.40. The van der Waals surface area contributed by atoms with Gasteiger partial charge in [0.2, 0.25) is 0 Å². The van der Waals surface area contributed by atoms with Gasteiger partial charge in [0.1, 0.15) is 11.5 Å². The quantitative estimate of drug-likeness (QED) is 0.378. The highest BCUT2D eigenvalue weighted by Gasteiger charge is 2.02. The van der Waals surface area contributed by atoms with Gasteiger partial charge in [0.15, 0.2) is 0 Å². The summed E-state index contributed by atoms with van der Waals surface area (Å²) in [6.07, 6.45) is 0. The summed E-state index contributed by atoms with van der Waals surface area (Å²) in [4.78, 5) is 10.1. The number of rotatable bonds is 2. The van der Waals surface area contributed by atoms with Crippen LogP contribution >= 0.6 is 0 Å². The standard InChI is InChI=1S/C7H7N3O/c8-7(9)5-3-1-2-4-6(5)10-11/h1-4H,(H3,8,9). The minimum absolute atomic E-state index is 0.139. The number of benzene rings is 1. The van der Waals surface area contributed by atoms with Crippen molar-refractivity contribution >= 4 is 11.5 Å². The molecule has 0 aliphatic rings. The number of hydrogen-bond donors (Lipinski definition) is 2. The first-order valence-electron chi connectivity index (χ1n) is 3.02. The van der Waals surface area contributed by atoms with Crippen molar-refractivity contribution in [2.75, 3.05) is 0 Å². The molecule has 0 aromatic heterocycles. The second-order valence-corrected chi connectivity index (χ2v) is 2.02. The highest BCUT2D eigenvalue weighted by Crippen LogP contribution is 2.16. The van der Waals surface area contributed by atoms with Crippen LogP contribution in [0.2, 0.25) is 0 Å². The molecule has 0 spiro atoms. The summed E-state index contributed by atoms with van der Waals surface area (Å²) in [5, 5.41) is 9.78. The Balaban J connectivity index is 3.22. The summed E-state index contributed by atoms with van der Waals surface area (Å²) < 4.78 is 0. The lowest BCUT2D eigenvalue weighted by Crippen LogP contribution is -2.10. The van der Waals surface area contributed by atoms with Gasteiger partial charge in [-0.2, -0.15) is 0 Å². The average molecular weight is 149 g/mol. The summed E-state index contributed by atoms with van der Waals surface area (Å²) in [5.41, 5.74) is 5.76. The van der Waals surface area contributed by atoms with Gasteiger partial charge >= 0.3 is 0 Å². The predicted octanol–water partition coefficient (Wildman–Crippen LogP) is 1.37. The van der Waals surface area contributed by atoms with Crippen LogP contribution in [0.3, 0.4) is 0 Å². The maximum absolute atomic E-state index is 10.1. The second-order valence-electron chi connectivity index (χ2n) is 2.02. The zero-order valence-electron chi connectivity index (χ0n) is 5.74. The van der Waals surface area contributed by atoms with Crippen LogP contribution in [0.25, 0.3) is 0 Å². The van der Waals surface area contributed by atoms with Crippen LogP contribution in [0.1, 0.15) is 5.56 Å². The number of nitrogens with zero attached hydrogens (tertiary/aromatic N) is 1. The molecule has 11 heavy (non-hydrogen) atoms. The van der Waals surface area contributed by atoms with Gasteiger partial charge in [-0.05, 0) is 17.3 Å². The average Bonchev–Trinajstić information content (AvgIpc) is 2.04. The van der Waals surface area contributed by atoms with E-state index < -0.39 is 0 Å². The van der Waals surface area contributed by atoms with E-state index in [0.717, 1.165) is 0 Å². The van der Waals surface area contributed by atoms with Crippen LogP contribution in [0.5, 0.6) is 0 Å². The number of nitrogens with two attached hydrogens (primary N) is 1. The van der Waals surface area contributed by atoms with Gasteiger partial charge in [-0.25, -0.2) is 0 Å². The monoisotopic (exact) mass is 149 g/mol. The molecule has 0 amide bonds.